The van der Waals surface area contributed by atoms with Crippen molar-refractivity contribution in [3.63, 3.8) is 0 Å². The lowest BCUT2D eigenvalue weighted by atomic mass is 10.1. The molecule has 27 heavy (non-hydrogen) atoms. The number of rotatable bonds is 4. The lowest BCUT2D eigenvalue weighted by Gasteiger charge is -2.26. The van der Waals surface area contributed by atoms with Gasteiger partial charge in [-0.25, -0.2) is 13.2 Å². The van der Waals surface area contributed by atoms with Gasteiger partial charge in [0.05, 0.1) is 5.69 Å². The van der Waals surface area contributed by atoms with E-state index >= 15 is 0 Å². The molecule has 0 saturated carbocycles. The third-order valence-corrected chi connectivity index (χ3v) is 3.66. The second kappa shape index (κ2) is 7.82. The van der Waals surface area contributed by atoms with Gasteiger partial charge < -0.3 is 4.74 Å². The second-order valence-corrected chi connectivity index (χ2v) is 6.96. The van der Waals surface area contributed by atoms with Gasteiger partial charge in [0.1, 0.15) is 35.2 Å². The first-order valence-electron chi connectivity index (χ1n) is 8.24. The van der Waals surface area contributed by atoms with Crippen LogP contribution in [-0.4, -0.2) is 24.0 Å². The summed E-state index contributed by atoms with van der Waals surface area (Å²) in [6.07, 6.45) is 0. The van der Waals surface area contributed by atoms with E-state index in [1.807, 2.05) is 0 Å². The lowest BCUT2D eigenvalue weighted by molar-refractivity contribution is -0.152. The Labute approximate surface area is 155 Å². The fourth-order valence-corrected chi connectivity index (χ4v) is 2.49. The molecule has 0 bridgehead atoms. The number of nitrogens with zero attached hydrogens (tertiary/aromatic N) is 1. The quantitative estimate of drug-likeness (QED) is 0.740. The van der Waals surface area contributed by atoms with Crippen LogP contribution in [0.4, 0.5) is 18.9 Å². The maximum Gasteiger partial charge on any atom is 0.326 e. The van der Waals surface area contributed by atoms with E-state index in [1.54, 1.807) is 20.8 Å². The second-order valence-electron chi connectivity index (χ2n) is 6.96. The molecule has 2 aromatic rings. The summed E-state index contributed by atoms with van der Waals surface area (Å²) >= 11 is 0. The Hall–Kier alpha value is -2.83. The molecule has 0 aromatic heterocycles. The Morgan fingerprint density at radius 2 is 1.48 bits per heavy atom. The molecule has 0 unspecified atom stereocenters. The average molecular weight is 379 g/mol. The molecule has 0 radical (unpaired) electrons. The highest BCUT2D eigenvalue weighted by molar-refractivity contribution is 6.09. The molecule has 1 amide bonds. The normalized spacial score (nSPS) is 11.2. The molecule has 2 aromatic carbocycles. The summed E-state index contributed by atoms with van der Waals surface area (Å²) in [4.78, 5) is 25.9. The number of carbonyl (C=O) groups excluding carboxylic acids is 2. The number of halogens is 3. The SMILES string of the molecule is Cc1c(F)cccc1N(CC(=O)OC(C)(C)C)C(=O)c1c(F)cccc1F. The Bertz CT molecular complexity index is 855. The van der Waals surface area contributed by atoms with Gasteiger partial charge in [0.25, 0.3) is 5.91 Å². The maximum atomic E-state index is 14.1. The molecule has 0 atom stereocenters. The minimum Gasteiger partial charge on any atom is -0.459 e. The molecular formula is C20H20F3NO3. The largest absolute Gasteiger partial charge is 0.459 e. The van der Waals surface area contributed by atoms with Crippen LogP contribution in [0.3, 0.4) is 0 Å². The molecule has 4 nitrogen and oxygen atoms in total. The van der Waals surface area contributed by atoms with E-state index in [1.165, 1.54) is 25.1 Å². The summed E-state index contributed by atoms with van der Waals surface area (Å²) in [6, 6.07) is 6.89. The van der Waals surface area contributed by atoms with Crippen LogP contribution in [0.15, 0.2) is 36.4 Å². The summed E-state index contributed by atoms with van der Waals surface area (Å²) in [7, 11) is 0. The first-order valence-corrected chi connectivity index (χ1v) is 8.24. The third kappa shape index (κ3) is 4.87. The molecule has 0 N–H and O–H groups in total. The summed E-state index contributed by atoms with van der Waals surface area (Å²) in [5.41, 5.74) is -1.57. The minimum absolute atomic E-state index is 0.0218. The Kier molecular flexibility index (Phi) is 5.93. The van der Waals surface area contributed by atoms with Crippen molar-refractivity contribution in [1.29, 1.82) is 0 Å². The van der Waals surface area contributed by atoms with Crippen molar-refractivity contribution in [2.75, 3.05) is 11.4 Å². The van der Waals surface area contributed by atoms with Crippen molar-refractivity contribution in [1.82, 2.24) is 0 Å². The van der Waals surface area contributed by atoms with Crippen LogP contribution < -0.4 is 4.90 Å². The van der Waals surface area contributed by atoms with Crippen molar-refractivity contribution in [3.05, 3.63) is 65.0 Å². The van der Waals surface area contributed by atoms with Crippen molar-refractivity contribution >= 4 is 17.6 Å². The Balaban J connectivity index is 2.51. The smallest absolute Gasteiger partial charge is 0.326 e. The van der Waals surface area contributed by atoms with Gasteiger partial charge >= 0.3 is 5.97 Å². The van der Waals surface area contributed by atoms with Crippen LogP contribution in [0.25, 0.3) is 0 Å². The predicted octanol–water partition coefficient (Wildman–Crippen LogP) is 4.40. The van der Waals surface area contributed by atoms with E-state index in [0.717, 1.165) is 23.1 Å². The van der Waals surface area contributed by atoms with Crippen molar-refractivity contribution in [2.45, 2.75) is 33.3 Å². The number of hydrogen-bond acceptors (Lipinski definition) is 3. The molecule has 7 heteroatoms. The number of hydrogen-bond donors (Lipinski definition) is 0. The van der Waals surface area contributed by atoms with Crippen molar-refractivity contribution in [3.8, 4) is 0 Å². The molecule has 2 rings (SSSR count). The van der Waals surface area contributed by atoms with Gasteiger partial charge in [0.15, 0.2) is 0 Å². The molecule has 0 spiro atoms. The van der Waals surface area contributed by atoms with Crippen LogP contribution in [0.1, 0.15) is 36.7 Å². The van der Waals surface area contributed by atoms with Gasteiger partial charge in [0, 0.05) is 5.56 Å². The van der Waals surface area contributed by atoms with E-state index in [2.05, 4.69) is 0 Å². The molecule has 144 valence electrons. The number of ether oxygens (including phenoxy) is 1. The highest BCUT2D eigenvalue weighted by atomic mass is 19.1. The standard InChI is InChI=1S/C20H20F3NO3/c1-12-13(21)7-6-10-16(12)24(11-17(25)27-20(2,3)4)19(26)18-14(22)8-5-9-15(18)23/h5-10H,11H2,1-4H3. The van der Waals surface area contributed by atoms with Crippen LogP contribution >= 0.6 is 0 Å². The van der Waals surface area contributed by atoms with Crippen molar-refractivity contribution < 1.29 is 27.5 Å². The zero-order chi connectivity index (χ0) is 20.4. The van der Waals surface area contributed by atoms with Gasteiger partial charge in [-0.3, -0.25) is 14.5 Å². The van der Waals surface area contributed by atoms with Crippen LogP contribution in [0, 0.1) is 24.4 Å². The van der Waals surface area contributed by atoms with Gasteiger partial charge in [-0.1, -0.05) is 12.1 Å². The van der Waals surface area contributed by atoms with Gasteiger partial charge in [-0.15, -0.1) is 0 Å². The highest BCUT2D eigenvalue weighted by Crippen LogP contribution is 2.26. The number of benzene rings is 2. The monoisotopic (exact) mass is 379 g/mol. The Morgan fingerprint density at radius 1 is 0.963 bits per heavy atom. The molecule has 0 saturated heterocycles. The molecule has 0 aliphatic heterocycles. The fourth-order valence-electron chi connectivity index (χ4n) is 2.49. The number of anilines is 1. The first kappa shape index (κ1) is 20.5. The fraction of sp³-hybridized carbons (Fsp3) is 0.300. The predicted molar refractivity (Wildman–Crippen MR) is 95.0 cm³/mol. The van der Waals surface area contributed by atoms with Gasteiger partial charge in [-0.2, -0.15) is 0 Å². The van der Waals surface area contributed by atoms with Gasteiger partial charge in [-0.05, 0) is 52.0 Å². The lowest BCUT2D eigenvalue weighted by Crippen LogP contribution is -2.40. The average Bonchev–Trinajstić information content (AvgIpc) is 2.53. The molecule has 0 aliphatic carbocycles. The summed E-state index contributed by atoms with van der Waals surface area (Å²) in [5.74, 6) is -4.68. The Morgan fingerprint density at radius 3 is 2.04 bits per heavy atom. The number of amides is 1. The van der Waals surface area contributed by atoms with E-state index in [-0.39, 0.29) is 11.3 Å². The summed E-state index contributed by atoms with van der Waals surface area (Å²) in [5, 5.41) is 0. The number of esters is 1. The van der Waals surface area contributed by atoms with E-state index < -0.39 is 47.0 Å². The molecule has 0 aliphatic rings. The van der Waals surface area contributed by atoms with E-state index in [0.29, 0.717) is 0 Å². The van der Waals surface area contributed by atoms with Crippen molar-refractivity contribution in [2.24, 2.45) is 0 Å². The molecule has 0 heterocycles. The highest BCUT2D eigenvalue weighted by Gasteiger charge is 2.29. The molecular weight excluding hydrogens is 359 g/mol. The summed E-state index contributed by atoms with van der Waals surface area (Å²) in [6.45, 7) is 5.69. The van der Waals surface area contributed by atoms with E-state index in [9.17, 15) is 22.8 Å². The maximum absolute atomic E-state index is 14.1. The molecule has 0 fully saturated rings. The summed E-state index contributed by atoms with van der Waals surface area (Å²) < 4.78 is 47.3. The zero-order valence-corrected chi connectivity index (χ0v) is 15.5. The van der Waals surface area contributed by atoms with Gasteiger partial charge in [0.2, 0.25) is 0 Å². The minimum atomic E-state index is -1.11. The van der Waals surface area contributed by atoms with Crippen LogP contribution in [-0.2, 0) is 9.53 Å². The first-order chi connectivity index (χ1) is 12.5. The van der Waals surface area contributed by atoms with Crippen LogP contribution in [0.5, 0.6) is 0 Å². The van der Waals surface area contributed by atoms with E-state index in [4.69, 9.17) is 4.74 Å². The van der Waals surface area contributed by atoms with Crippen LogP contribution in [0.2, 0.25) is 0 Å². The third-order valence-electron chi connectivity index (χ3n) is 3.66. The topological polar surface area (TPSA) is 46.6 Å². The zero-order valence-electron chi connectivity index (χ0n) is 15.5. The number of carbonyl (C=O) groups is 2.